The highest BCUT2D eigenvalue weighted by molar-refractivity contribution is 5.67. The van der Waals surface area contributed by atoms with Crippen LogP contribution < -0.4 is 10.2 Å². The van der Waals surface area contributed by atoms with Gasteiger partial charge in [-0.1, -0.05) is 0 Å². The van der Waals surface area contributed by atoms with E-state index in [4.69, 9.17) is 0 Å². The third-order valence-electron chi connectivity index (χ3n) is 1.89. The van der Waals surface area contributed by atoms with E-state index in [0.29, 0.717) is 0 Å². The molecule has 0 aromatic rings. The molecule has 2 N–H and O–H groups in total. The van der Waals surface area contributed by atoms with Crippen molar-refractivity contribution < 1.29 is 14.4 Å². The maximum atomic E-state index is 10.7. The second kappa shape index (κ2) is 3.57. The van der Waals surface area contributed by atoms with Crippen LogP contribution in [0.5, 0.6) is 0 Å². The quantitative estimate of drug-likeness (QED) is 0.470. The van der Waals surface area contributed by atoms with E-state index in [1.807, 2.05) is 0 Å². The summed E-state index contributed by atoms with van der Waals surface area (Å²) in [5.74, 6) is 0. The van der Waals surface area contributed by atoms with Crippen molar-refractivity contribution in [3.8, 4) is 0 Å². The van der Waals surface area contributed by atoms with Crippen molar-refractivity contribution in [2.45, 2.75) is 12.5 Å². The maximum Gasteiger partial charge on any atom is 0.407 e. The van der Waals surface area contributed by atoms with Crippen LogP contribution in [-0.2, 0) is 4.74 Å². The fourth-order valence-corrected chi connectivity index (χ4v) is 1.28. The summed E-state index contributed by atoms with van der Waals surface area (Å²) >= 11 is 0. The molecule has 1 aliphatic heterocycles. The number of carbonyl (C=O) groups excluding carboxylic acids is 1. The lowest BCUT2D eigenvalue weighted by molar-refractivity contribution is -0.840. The van der Waals surface area contributed by atoms with E-state index < -0.39 is 0 Å². The van der Waals surface area contributed by atoms with Gasteiger partial charge in [-0.2, -0.15) is 7.05 Å². The number of hydrogen-bond donors (Lipinski definition) is 2. The summed E-state index contributed by atoms with van der Waals surface area (Å²) in [7, 11) is 5.22. The summed E-state index contributed by atoms with van der Waals surface area (Å²) in [4.78, 5) is 11.9. The standard InChI is InChI=1S/C7H14N2O2/c1-9-4-3-6(5-9)8-7(10)11-2/h6,9H,1,3-5H2,2H3,(H,8,10)/t6-/m0/s1. The number of rotatable bonds is 1. The van der Waals surface area contributed by atoms with Crippen LogP contribution in [-0.4, -0.2) is 32.3 Å². The number of likely N-dealkylation sites (tertiary alicyclic amines) is 1. The molecule has 0 saturated carbocycles. The van der Waals surface area contributed by atoms with E-state index >= 15 is 0 Å². The molecule has 4 nitrogen and oxygen atoms in total. The normalized spacial score (nSPS) is 30.0. The van der Waals surface area contributed by atoms with Crippen LogP contribution >= 0.6 is 0 Å². The molecular formula is C7H14N2O2. The molecule has 1 aliphatic rings. The highest BCUT2D eigenvalue weighted by atomic mass is 16.5. The zero-order valence-electron chi connectivity index (χ0n) is 6.72. The fraction of sp³-hybridized carbons (Fsp3) is 0.714. The first-order valence-electron chi connectivity index (χ1n) is 3.73. The molecule has 1 saturated heterocycles. The van der Waals surface area contributed by atoms with Crippen LogP contribution in [0.1, 0.15) is 6.42 Å². The predicted molar refractivity (Wildman–Crippen MR) is 40.0 cm³/mol. The molecule has 1 rings (SSSR count). The number of quaternary nitrogens is 1. The number of hydrogen-bond acceptors (Lipinski definition) is 2. The van der Waals surface area contributed by atoms with Crippen molar-refractivity contribution in [1.82, 2.24) is 5.32 Å². The Labute approximate surface area is 66.5 Å². The highest BCUT2D eigenvalue weighted by Gasteiger charge is 2.21. The first-order chi connectivity index (χ1) is 5.22. The van der Waals surface area contributed by atoms with Crippen LogP contribution in [0, 0.1) is 7.05 Å². The third-order valence-corrected chi connectivity index (χ3v) is 1.89. The molecule has 64 valence electrons. The Morgan fingerprint density at radius 1 is 1.82 bits per heavy atom. The van der Waals surface area contributed by atoms with Gasteiger partial charge in [-0.15, -0.1) is 0 Å². The Balaban J connectivity index is 2.23. The summed E-state index contributed by atoms with van der Waals surface area (Å²) in [6.45, 7) is 1.92. The predicted octanol–water partition coefficient (Wildman–Crippen LogP) is -1.21. The molecule has 0 aromatic heterocycles. The SMILES string of the molecule is [CH2-][NH+]1CC[C@H](NC(=O)OC)C1. The monoisotopic (exact) mass is 158 g/mol. The summed E-state index contributed by atoms with van der Waals surface area (Å²) in [6.07, 6.45) is 0.651. The topological polar surface area (TPSA) is 42.8 Å². The van der Waals surface area contributed by atoms with Gasteiger partial charge in [0.15, 0.2) is 0 Å². The van der Waals surface area contributed by atoms with Crippen molar-refractivity contribution in [2.24, 2.45) is 0 Å². The third kappa shape index (κ3) is 2.38. The molecule has 1 fully saturated rings. The van der Waals surface area contributed by atoms with Crippen molar-refractivity contribution in [3.63, 3.8) is 0 Å². The molecule has 4 heteroatoms. The second-order valence-electron chi connectivity index (χ2n) is 2.83. The summed E-state index contributed by atoms with van der Waals surface area (Å²) in [5, 5.41) is 2.74. The zero-order valence-corrected chi connectivity index (χ0v) is 6.72. The molecule has 0 aromatic carbocycles. The molecule has 0 bridgehead atoms. The van der Waals surface area contributed by atoms with Crippen molar-refractivity contribution in [3.05, 3.63) is 7.05 Å². The molecule has 11 heavy (non-hydrogen) atoms. The van der Waals surface area contributed by atoms with Crippen LogP contribution in [0.3, 0.4) is 0 Å². The Kier molecular flexibility index (Phi) is 2.70. The highest BCUT2D eigenvalue weighted by Crippen LogP contribution is 1.92. The number of amides is 1. The molecule has 1 unspecified atom stereocenters. The lowest BCUT2D eigenvalue weighted by Crippen LogP contribution is -3.05. The van der Waals surface area contributed by atoms with Crippen LogP contribution in [0.15, 0.2) is 0 Å². The van der Waals surface area contributed by atoms with Gasteiger partial charge < -0.3 is 15.0 Å². The van der Waals surface area contributed by atoms with Gasteiger partial charge in [0.05, 0.1) is 26.2 Å². The Morgan fingerprint density at radius 3 is 3.00 bits per heavy atom. The largest absolute Gasteiger partial charge is 0.466 e. The van der Waals surface area contributed by atoms with Gasteiger partial charge in [-0.05, 0) is 0 Å². The van der Waals surface area contributed by atoms with Gasteiger partial charge in [-0.25, -0.2) is 4.79 Å². The zero-order chi connectivity index (χ0) is 8.27. The van der Waals surface area contributed by atoms with E-state index in [0.717, 1.165) is 19.5 Å². The van der Waals surface area contributed by atoms with Gasteiger partial charge >= 0.3 is 6.09 Å². The minimum absolute atomic E-state index is 0.245. The van der Waals surface area contributed by atoms with E-state index in [1.165, 1.54) is 12.0 Å². The van der Waals surface area contributed by atoms with Crippen LogP contribution in [0.25, 0.3) is 0 Å². The molecule has 0 radical (unpaired) electrons. The number of alkyl carbamates (subject to hydrolysis) is 1. The number of ether oxygens (including phenoxy) is 1. The summed E-state index contributed by atoms with van der Waals surface area (Å²) < 4.78 is 4.47. The summed E-state index contributed by atoms with van der Waals surface area (Å²) in [6, 6.07) is 0.245. The number of carbonyl (C=O) groups is 1. The maximum absolute atomic E-state index is 10.7. The molecule has 0 spiro atoms. The van der Waals surface area contributed by atoms with Gasteiger partial charge in [0, 0.05) is 6.42 Å². The molecular weight excluding hydrogens is 144 g/mol. The number of nitrogens with one attached hydrogen (secondary N) is 2. The minimum atomic E-state index is -0.343. The average Bonchev–Trinajstić information content (AvgIpc) is 2.35. The van der Waals surface area contributed by atoms with Gasteiger partial charge in [0.2, 0.25) is 0 Å². The van der Waals surface area contributed by atoms with Gasteiger partial charge in [0.25, 0.3) is 0 Å². The molecule has 1 heterocycles. The first kappa shape index (κ1) is 8.33. The lowest BCUT2D eigenvalue weighted by atomic mass is 10.3. The molecule has 0 aliphatic carbocycles. The van der Waals surface area contributed by atoms with Gasteiger partial charge in [-0.3, -0.25) is 0 Å². The average molecular weight is 158 g/mol. The lowest BCUT2D eigenvalue weighted by Gasteiger charge is -2.13. The molecule has 2 atom stereocenters. The molecule has 1 amide bonds. The minimum Gasteiger partial charge on any atom is -0.466 e. The van der Waals surface area contributed by atoms with E-state index in [9.17, 15) is 4.79 Å². The second-order valence-corrected chi connectivity index (χ2v) is 2.83. The van der Waals surface area contributed by atoms with Crippen LogP contribution in [0.2, 0.25) is 0 Å². The Hall–Kier alpha value is -0.770. The van der Waals surface area contributed by atoms with E-state index in [-0.39, 0.29) is 12.1 Å². The first-order valence-corrected chi connectivity index (χ1v) is 3.73. The van der Waals surface area contributed by atoms with Crippen molar-refractivity contribution in [1.29, 1.82) is 0 Å². The smallest absolute Gasteiger partial charge is 0.407 e. The van der Waals surface area contributed by atoms with Crippen LogP contribution in [0.4, 0.5) is 4.79 Å². The Bertz CT molecular complexity index is 149. The summed E-state index contributed by atoms with van der Waals surface area (Å²) in [5.41, 5.74) is 0. The van der Waals surface area contributed by atoms with Gasteiger partial charge in [0.1, 0.15) is 0 Å². The van der Waals surface area contributed by atoms with E-state index in [2.05, 4.69) is 17.1 Å². The van der Waals surface area contributed by atoms with Crippen molar-refractivity contribution in [2.75, 3.05) is 20.2 Å². The number of methoxy groups -OCH3 is 1. The Morgan fingerprint density at radius 2 is 2.55 bits per heavy atom. The van der Waals surface area contributed by atoms with E-state index in [1.54, 1.807) is 0 Å². The van der Waals surface area contributed by atoms with Crippen molar-refractivity contribution >= 4 is 6.09 Å². The fourth-order valence-electron chi connectivity index (χ4n) is 1.28.